The summed E-state index contributed by atoms with van der Waals surface area (Å²) in [5.41, 5.74) is 2.37. The van der Waals surface area contributed by atoms with Gasteiger partial charge in [-0.2, -0.15) is 0 Å². The van der Waals surface area contributed by atoms with Gasteiger partial charge in [0.1, 0.15) is 4.88 Å². The highest BCUT2D eigenvalue weighted by molar-refractivity contribution is 7.13. The number of hydrogen-bond acceptors (Lipinski definition) is 3. The Bertz CT molecular complexity index is 284. The van der Waals surface area contributed by atoms with Gasteiger partial charge < -0.3 is 0 Å². The Morgan fingerprint density at radius 3 is 2.82 bits per heavy atom. The first kappa shape index (κ1) is 8.52. The van der Waals surface area contributed by atoms with Crippen LogP contribution in [0.1, 0.15) is 15.2 Å². The Kier molecular flexibility index (Phi) is 2.49. The molecule has 0 fully saturated rings. The number of hydroxylamine groups is 1. The van der Waals surface area contributed by atoms with Crippen molar-refractivity contribution in [2.24, 2.45) is 0 Å². The number of amides is 1. The van der Waals surface area contributed by atoms with E-state index in [9.17, 15) is 4.79 Å². The van der Waals surface area contributed by atoms with Crippen LogP contribution in [0.4, 0.5) is 0 Å². The van der Waals surface area contributed by atoms with Gasteiger partial charge in [0, 0.05) is 0 Å². The van der Waals surface area contributed by atoms with Crippen molar-refractivity contribution >= 4 is 28.8 Å². The minimum atomic E-state index is -0.562. The molecular weight excluding hydrogens is 186 g/mol. The molecule has 0 bridgehead atoms. The van der Waals surface area contributed by atoms with E-state index in [2.05, 4.69) is 0 Å². The van der Waals surface area contributed by atoms with Crippen LogP contribution in [-0.2, 0) is 0 Å². The van der Waals surface area contributed by atoms with Crippen molar-refractivity contribution in [1.29, 1.82) is 0 Å². The molecule has 3 nitrogen and oxygen atoms in total. The minimum Gasteiger partial charge on any atom is -0.288 e. The second-order valence-electron chi connectivity index (χ2n) is 2.00. The van der Waals surface area contributed by atoms with Crippen molar-refractivity contribution in [2.45, 2.75) is 6.92 Å². The van der Waals surface area contributed by atoms with Gasteiger partial charge in [0.2, 0.25) is 0 Å². The van der Waals surface area contributed by atoms with Crippen LogP contribution in [0, 0.1) is 6.92 Å². The van der Waals surface area contributed by atoms with Crippen LogP contribution in [0.25, 0.3) is 0 Å². The summed E-state index contributed by atoms with van der Waals surface area (Å²) in [6.07, 6.45) is 0. The third kappa shape index (κ3) is 1.53. The predicted molar refractivity (Wildman–Crippen MR) is 43.3 cm³/mol. The maximum Gasteiger partial charge on any atom is 0.286 e. The molecule has 0 unspecified atom stereocenters. The molecule has 0 aliphatic rings. The first-order valence-electron chi connectivity index (χ1n) is 2.85. The van der Waals surface area contributed by atoms with Gasteiger partial charge in [0.15, 0.2) is 0 Å². The van der Waals surface area contributed by atoms with Crippen LogP contribution in [0.5, 0.6) is 0 Å². The molecule has 2 N–H and O–H groups in total. The molecule has 1 heterocycles. The zero-order chi connectivity index (χ0) is 8.43. The van der Waals surface area contributed by atoms with E-state index in [4.69, 9.17) is 16.8 Å². The second kappa shape index (κ2) is 3.21. The Morgan fingerprint density at radius 2 is 2.45 bits per heavy atom. The van der Waals surface area contributed by atoms with Gasteiger partial charge in [-0.25, -0.2) is 5.48 Å². The largest absolute Gasteiger partial charge is 0.288 e. The van der Waals surface area contributed by atoms with Crippen LogP contribution in [-0.4, -0.2) is 11.1 Å². The number of rotatable bonds is 1. The number of nitrogens with one attached hydrogen (secondary N) is 1. The van der Waals surface area contributed by atoms with Crippen LogP contribution < -0.4 is 5.48 Å². The van der Waals surface area contributed by atoms with E-state index in [1.807, 2.05) is 0 Å². The van der Waals surface area contributed by atoms with Crippen LogP contribution in [0.3, 0.4) is 0 Å². The van der Waals surface area contributed by atoms with Crippen molar-refractivity contribution in [3.05, 3.63) is 20.8 Å². The van der Waals surface area contributed by atoms with Gasteiger partial charge in [0.25, 0.3) is 5.91 Å². The normalized spacial score (nSPS) is 9.73. The van der Waals surface area contributed by atoms with Gasteiger partial charge in [-0.3, -0.25) is 10.0 Å². The lowest BCUT2D eigenvalue weighted by Crippen LogP contribution is -2.17. The van der Waals surface area contributed by atoms with Crippen molar-refractivity contribution in [3.63, 3.8) is 0 Å². The summed E-state index contributed by atoms with van der Waals surface area (Å²) in [5.74, 6) is -0.562. The lowest BCUT2D eigenvalue weighted by molar-refractivity contribution is 0.0711. The van der Waals surface area contributed by atoms with E-state index in [-0.39, 0.29) is 0 Å². The summed E-state index contributed by atoms with van der Waals surface area (Å²) < 4.78 is 0. The Hall–Kier alpha value is -0.580. The fraction of sp³-hybridized carbons (Fsp3) is 0.167. The number of carbonyl (C=O) groups excluding carboxylic acids is 1. The first-order valence-corrected chi connectivity index (χ1v) is 4.10. The highest BCUT2D eigenvalue weighted by Crippen LogP contribution is 2.26. The molecule has 1 aromatic heterocycles. The van der Waals surface area contributed by atoms with Crippen LogP contribution >= 0.6 is 22.9 Å². The van der Waals surface area contributed by atoms with Gasteiger partial charge >= 0.3 is 0 Å². The molecular formula is C6H6ClNO2S. The average molecular weight is 192 g/mol. The second-order valence-corrected chi connectivity index (χ2v) is 3.26. The third-order valence-corrected chi connectivity index (χ3v) is 2.90. The molecule has 1 amide bonds. The summed E-state index contributed by atoms with van der Waals surface area (Å²) in [5, 5.41) is 10.4. The van der Waals surface area contributed by atoms with E-state index in [0.29, 0.717) is 9.90 Å². The van der Waals surface area contributed by atoms with Crippen molar-refractivity contribution < 1.29 is 10.0 Å². The number of halogens is 1. The molecule has 0 radical (unpaired) electrons. The van der Waals surface area contributed by atoms with Crippen molar-refractivity contribution in [3.8, 4) is 0 Å². The summed E-state index contributed by atoms with van der Waals surface area (Å²) in [6.45, 7) is 1.80. The van der Waals surface area contributed by atoms with E-state index < -0.39 is 5.91 Å². The Morgan fingerprint density at radius 1 is 1.82 bits per heavy atom. The Labute approximate surface area is 72.6 Å². The number of thiophene rings is 1. The van der Waals surface area contributed by atoms with Crippen molar-refractivity contribution in [1.82, 2.24) is 5.48 Å². The molecule has 0 saturated heterocycles. The fourth-order valence-corrected chi connectivity index (χ4v) is 1.80. The number of aryl methyl sites for hydroxylation is 1. The molecule has 5 heteroatoms. The van der Waals surface area contributed by atoms with E-state index in [1.54, 1.807) is 12.3 Å². The average Bonchev–Trinajstić information content (AvgIpc) is 2.32. The molecule has 0 saturated carbocycles. The monoisotopic (exact) mass is 191 g/mol. The molecule has 0 aliphatic heterocycles. The quantitative estimate of drug-likeness (QED) is 0.526. The zero-order valence-corrected chi connectivity index (χ0v) is 7.29. The zero-order valence-electron chi connectivity index (χ0n) is 5.72. The highest BCUT2D eigenvalue weighted by Gasteiger charge is 2.12. The van der Waals surface area contributed by atoms with Crippen LogP contribution in [0.2, 0.25) is 5.02 Å². The molecule has 0 atom stereocenters. The lowest BCUT2D eigenvalue weighted by Gasteiger charge is -1.93. The minimum absolute atomic E-state index is 0.340. The Balaban J connectivity index is 3.04. The summed E-state index contributed by atoms with van der Waals surface area (Å²) >= 11 is 6.93. The first-order chi connectivity index (χ1) is 5.16. The molecule has 11 heavy (non-hydrogen) atoms. The maximum atomic E-state index is 10.8. The lowest BCUT2D eigenvalue weighted by atomic mass is 10.3. The topological polar surface area (TPSA) is 49.3 Å². The fourth-order valence-electron chi connectivity index (χ4n) is 0.634. The van der Waals surface area contributed by atoms with Crippen LogP contribution in [0.15, 0.2) is 5.38 Å². The molecule has 1 rings (SSSR count). The summed E-state index contributed by atoms with van der Waals surface area (Å²) in [6, 6.07) is 0. The van der Waals surface area contributed by atoms with Gasteiger partial charge in [-0.05, 0) is 17.9 Å². The van der Waals surface area contributed by atoms with E-state index in [1.165, 1.54) is 16.8 Å². The smallest absolute Gasteiger partial charge is 0.286 e. The van der Waals surface area contributed by atoms with Gasteiger partial charge in [-0.15, -0.1) is 11.3 Å². The molecule has 0 aliphatic carbocycles. The van der Waals surface area contributed by atoms with E-state index in [0.717, 1.165) is 5.56 Å². The van der Waals surface area contributed by atoms with Gasteiger partial charge in [-0.1, -0.05) is 11.6 Å². The maximum absolute atomic E-state index is 10.8. The van der Waals surface area contributed by atoms with Gasteiger partial charge in [0.05, 0.1) is 5.02 Å². The number of carbonyl (C=O) groups is 1. The van der Waals surface area contributed by atoms with E-state index >= 15 is 0 Å². The highest BCUT2D eigenvalue weighted by atomic mass is 35.5. The number of hydrogen-bond donors (Lipinski definition) is 2. The predicted octanol–water partition coefficient (Wildman–Crippen LogP) is 1.83. The molecule has 0 aromatic carbocycles. The summed E-state index contributed by atoms with van der Waals surface area (Å²) in [4.78, 5) is 11.2. The molecule has 60 valence electrons. The standard InChI is InChI=1S/C6H6ClNO2S/c1-3-2-11-5(4(3)7)6(9)8-10/h2,10H,1H3,(H,8,9). The summed E-state index contributed by atoms with van der Waals surface area (Å²) in [7, 11) is 0. The van der Waals surface area contributed by atoms with Crippen molar-refractivity contribution in [2.75, 3.05) is 0 Å². The molecule has 0 spiro atoms. The SMILES string of the molecule is Cc1csc(C(=O)NO)c1Cl. The molecule has 1 aromatic rings. The third-order valence-electron chi connectivity index (χ3n) is 1.21.